The molecule has 0 saturated heterocycles. The summed E-state index contributed by atoms with van der Waals surface area (Å²) < 4.78 is 6.07. The van der Waals surface area contributed by atoms with Gasteiger partial charge in [-0.2, -0.15) is 0 Å². The Morgan fingerprint density at radius 1 is 1.38 bits per heavy atom. The maximum atomic E-state index is 11.8. The first-order valence-electron chi connectivity index (χ1n) is 6.89. The number of amides is 2. The molecular weight excluding hydrogens is 336 g/mol. The molecule has 0 aromatic heterocycles. The Morgan fingerprint density at radius 2 is 2.10 bits per heavy atom. The van der Waals surface area contributed by atoms with Gasteiger partial charge < -0.3 is 15.4 Å². The highest BCUT2D eigenvalue weighted by molar-refractivity contribution is 9.10. The molecule has 116 valence electrons. The van der Waals surface area contributed by atoms with Gasteiger partial charge in [0, 0.05) is 29.7 Å². The summed E-state index contributed by atoms with van der Waals surface area (Å²) in [5.41, 5.74) is 1.75. The lowest BCUT2D eigenvalue weighted by molar-refractivity contribution is -0.131. The third kappa shape index (κ3) is 6.27. The van der Waals surface area contributed by atoms with Crippen LogP contribution in [0.5, 0.6) is 0 Å². The Labute approximate surface area is 133 Å². The van der Waals surface area contributed by atoms with Crippen LogP contribution in [0.25, 0.3) is 0 Å². The number of carbonyl (C=O) groups is 2. The second-order valence-electron chi connectivity index (χ2n) is 4.65. The van der Waals surface area contributed by atoms with Crippen LogP contribution >= 0.6 is 15.9 Å². The number of carbonyl (C=O) groups excluding carboxylic acids is 2. The zero-order chi connectivity index (χ0) is 15.8. The molecule has 1 atom stereocenters. The second-order valence-corrected chi connectivity index (χ2v) is 5.56. The number of hydrogen-bond donors (Lipinski definition) is 2. The minimum absolute atomic E-state index is 0.138. The van der Waals surface area contributed by atoms with Crippen molar-refractivity contribution >= 4 is 33.4 Å². The van der Waals surface area contributed by atoms with Crippen LogP contribution in [0.15, 0.2) is 22.7 Å². The lowest BCUT2D eigenvalue weighted by Gasteiger charge is -2.12. The maximum Gasteiger partial charge on any atom is 0.248 e. The fraction of sp³-hybridized carbons (Fsp3) is 0.467. The number of aryl methyl sites for hydroxylation is 1. The van der Waals surface area contributed by atoms with Crippen molar-refractivity contribution in [3.63, 3.8) is 0 Å². The molecule has 0 fully saturated rings. The summed E-state index contributed by atoms with van der Waals surface area (Å²) in [4.78, 5) is 23.4. The molecule has 1 aromatic rings. The molecule has 0 bridgehead atoms. The van der Waals surface area contributed by atoms with Crippen molar-refractivity contribution < 1.29 is 14.3 Å². The Bertz CT molecular complexity index is 506. The van der Waals surface area contributed by atoms with E-state index in [1.165, 1.54) is 0 Å². The normalized spacial score (nSPS) is 11.8. The van der Waals surface area contributed by atoms with Gasteiger partial charge in [0.1, 0.15) is 6.10 Å². The Balaban J connectivity index is 2.38. The van der Waals surface area contributed by atoms with E-state index in [0.29, 0.717) is 6.61 Å². The molecule has 2 amide bonds. The molecule has 0 spiro atoms. The quantitative estimate of drug-likeness (QED) is 0.788. The summed E-state index contributed by atoms with van der Waals surface area (Å²) in [6, 6.07) is 5.69. The van der Waals surface area contributed by atoms with Crippen LogP contribution in [0, 0.1) is 6.92 Å². The molecule has 1 rings (SSSR count). The molecule has 0 aliphatic rings. The summed E-state index contributed by atoms with van der Waals surface area (Å²) in [6.45, 7) is 6.21. The van der Waals surface area contributed by atoms with E-state index < -0.39 is 6.10 Å². The van der Waals surface area contributed by atoms with Crippen molar-refractivity contribution in [3.05, 3.63) is 28.2 Å². The van der Waals surface area contributed by atoms with Gasteiger partial charge in [0.2, 0.25) is 11.8 Å². The highest BCUT2D eigenvalue weighted by Gasteiger charge is 2.12. The third-order valence-electron chi connectivity index (χ3n) is 2.91. The lowest BCUT2D eigenvalue weighted by atomic mass is 10.2. The van der Waals surface area contributed by atoms with E-state index in [2.05, 4.69) is 26.6 Å². The Kier molecular flexibility index (Phi) is 7.39. The van der Waals surface area contributed by atoms with Crippen LogP contribution in [0.1, 0.15) is 25.8 Å². The first-order chi connectivity index (χ1) is 9.93. The van der Waals surface area contributed by atoms with Gasteiger partial charge in [-0.25, -0.2) is 0 Å². The van der Waals surface area contributed by atoms with Crippen LogP contribution in [0.3, 0.4) is 0 Å². The molecule has 0 radical (unpaired) electrons. The number of halogens is 1. The van der Waals surface area contributed by atoms with Crippen molar-refractivity contribution in [3.8, 4) is 0 Å². The zero-order valence-electron chi connectivity index (χ0n) is 12.5. The first kappa shape index (κ1) is 17.7. The van der Waals surface area contributed by atoms with Gasteiger partial charge >= 0.3 is 0 Å². The molecule has 1 aromatic carbocycles. The molecule has 0 saturated carbocycles. The smallest absolute Gasteiger partial charge is 0.248 e. The fourth-order valence-corrected chi connectivity index (χ4v) is 2.07. The number of nitrogens with one attached hydrogen (secondary N) is 2. The van der Waals surface area contributed by atoms with Crippen molar-refractivity contribution in [2.24, 2.45) is 0 Å². The third-order valence-corrected chi connectivity index (χ3v) is 3.40. The number of ether oxygens (including phenoxy) is 1. The van der Waals surface area contributed by atoms with E-state index in [9.17, 15) is 9.59 Å². The summed E-state index contributed by atoms with van der Waals surface area (Å²) in [6.07, 6.45) is -0.276. The minimum atomic E-state index is -0.495. The summed E-state index contributed by atoms with van der Waals surface area (Å²) >= 11 is 3.37. The Morgan fingerprint density at radius 3 is 2.76 bits per heavy atom. The molecular formula is C15H21BrN2O3. The molecule has 0 heterocycles. The molecule has 0 aliphatic carbocycles. The highest BCUT2D eigenvalue weighted by Crippen LogP contribution is 2.20. The van der Waals surface area contributed by atoms with E-state index >= 15 is 0 Å². The molecule has 5 nitrogen and oxygen atoms in total. The predicted octanol–water partition coefficient (Wildman–Crippen LogP) is 2.63. The summed E-state index contributed by atoms with van der Waals surface area (Å²) in [7, 11) is 0. The minimum Gasteiger partial charge on any atom is -0.369 e. The van der Waals surface area contributed by atoms with Gasteiger partial charge in [-0.1, -0.05) is 22.0 Å². The van der Waals surface area contributed by atoms with Crippen LogP contribution < -0.4 is 10.6 Å². The topological polar surface area (TPSA) is 67.4 Å². The van der Waals surface area contributed by atoms with Crippen molar-refractivity contribution in [1.82, 2.24) is 5.32 Å². The lowest BCUT2D eigenvalue weighted by Crippen LogP contribution is -2.36. The first-order valence-corrected chi connectivity index (χ1v) is 7.68. The summed E-state index contributed by atoms with van der Waals surface area (Å²) in [5.74, 6) is -0.344. The fourth-order valence-electron chi connectivity index (χ4n) is 1.71. The van der Waals surface area contributed by atoms with Gasteiger partial charge in [0.05, 0.1) is 0 Å². The van der Waals surface area contributed by atoms with Gasteiger partial charge in [0.25, 0.3) is 0 Å². The molecule has 0 aliphatic heterocycles. The molecule has 2 N–H and O–H groups in total. The van der Waals surface area contributed by atoms with E-state index in [4.69, 9.17) is 4.74 Å². The molecule has 1 unspecified atom stereocenters. The number of rotatable bonds is 7. The van der Waals surface area contributed by atoms with E-state index in [0.717, 1.165) is 15.7 Å². The second kappa shape index (κ2) is 8.79. The van der Waals surface area contributed by atoms with Gasteiger partial charge in [-0.15, -0.1) is 0 Å². The van der Waals surface area contributed by atoms with Crippen molar-refractivity contribution in [2.45, 2.75) is 33.3 Å². The predicted molar refractivity (Wildman–Crippen MR) is 86.2 cm³/mol. The number of hydrogen-bond acceptors (Lipinski definition) is 3. The largest absolute Gasteiger partial charge is 0.369 e. The number of anilines is 1. The Hall–Kier alpha value is -1.40. The highest BCUT2D eigenvalue weighted by atomic mass is 79.9. The van der Waals surface area contributed by atoms with E-state index in [-0.39, 0.29) is 24.8 Å². The average molecular weight is 357 g/mol. The SMILES string of the molecule is CCOC(C)C(=O)NCCC(=O)Nc1cc(Br)ccc1C. The monoisotopic (exact) mass is 356 g/mol. The average Bonchev–Trinajstić information content (AvgIpc) is 2.43. The van der Waals surface area contributed by atoms with Crippen molar-refractivity contribution in [2.75, 3.05) is 18.5 Å². The van der Waals surface area contributed by atoms with Crippen LogP contribution in [-0.4, -0.2) is 31.1 Å². The van der Waals surface area contributed by atoms with Crippen LogP contribution in [0.2, 0.25) is 0 Å². The maximum absolute atomic E-state index is 11.8. The van der Waals surface area contributed by atoms with E-state index in [1.807, 2.05) is 32.0 Å². The molecule has 6 heteroatoms. The standard InChI is InChI=1S/C15H21BrN2O3/c1-4-21-11(3)15(20)17-8-7-14(19)18-13-9-12(16)6-5-10(13)2/h5-6,9,11H,4,7-8H2,1-3H3,(H,17,20)(H,18,19). The van der Waals surface area contributed by atoms with Gasteiger partial charge in [-0.3, -0.25) is 9.59 Å². The summed E-state index contributed by atoms with van der Waals surface area (Å²) in [5, 5.41) is 5.50. The van der Waals surface area contributed by atoms with Gasteiger partial charge in [-0.05, 0) is 38.5 Å². The van der Waals surface area contributed by atoms with Gasteiger partial charge in [0.15, 0.2) is 0 Å². The van der Waals surface area contributed by atoms with Crippen LogP contribution in [0.4, 0.5) is 5.69 Å². The molecule has 21 heavy (non-hydrogen) atoms. The van der Waals surface area contributed by atoms with Crippen LogP contribution in [-0.2, 0) is 14.3 Å². The number of benzene rings is 1. The van der Waals surface area contributed by atoms with Crippen molar-refractivity contribution in [1.29, 1.82) is 0 Å². The van der Waals surface area contributed by atoms with E-state index in [1.54, 1.807) is 6.92 Å². The zero-order valence-corrected chi connectivity index (χ0v) is 14.1.